The summed E-state index contributed by atoms with van der Waals surface area (Å²) in [6.07, 6.45) is 68.7. The Morgan fingerprint density at radius 1 is 0.405 bits per heavy atom. The van der Waals surface area contributed by atoms with Crippen molar-refractivity contribution in [2.24, 2.45) is 0 Å². The largest absolute Gasteiger partial charge is 0.472 e. The molecule has 3 unspecified atom stereocenters. The number of hydrogen-bond donors (Lipinski definition) is 2. The molecule has 0 radical (unpaired) electrons. The van der Waals surface area contributed by atoms with Crippen LogP contribution in [0.4, 0.5) is 0 Å². The van der Waals surface area contributed by atoms with Crippen LogP contribution in [-0.4, -0.2) is 66.5 Å². The highest BCUT2D eigenvalue weighted by Crippen LogP contribution is 2.43. The van der Waals surface area contributed by atoms with E-state index in [0.717, 1.165) is 116 Å². The molecule has 0 spiro atoms. The summed E-state index contributed by atoms with van der Waals surface area (Å²) in [6, 6.07) is 0. The summed E-state index contributed by atoms with van der Waals surface area (Å²) in [5.41, 5.74) is 0. The highest BCUT2D eigenvalue weighted by Gasteiger charge is 2.28. The van der Waals surface area contributed by atoms with Gasteiger partial charge >= 0.3 is 25.7 Å². The van der Waals surface area contributed by atoms with Crippen molar-refractivity contribution in [3.8, 4) is 0 Å². The van der Waals surface area contributed by atoms with Crippen LogP contribution in [0.2, 0.25) is 0 Å². The van der Waals surface area contributed by atoms with Gasteiger partial charge in [0.2, 0.25) is 0 Å². The van der Waals surface area contributed by atoms with Crippen LogP contribution in [-0.2, 0) is 42.2 Å². The molecule has 11 nitrogen and oxygen atoms in total. The molecule has 0 aromatic heterocycles. The van der Waals surface area contributed by atoms with Crippen LogP contribution in [0.15, 0.2) is 134 Å². The van der Waals surface area contributed by atoms with E-state index in [1.54, 1.807) is 6.08 Å². The third-order valence-corrected chi connectivity index (χ3v) is 12.0. The minimum atomic E-state index is -4.79. The molecule has 0 amide bonds. The zero-order valence-electron chi connectivity index (χ0n) is 46.0. The first-order chi connectivity index (χ1) is 36.2. The number of aliphatic hydroxyl groups is 1. The van der Waals surface area contributed by atoms with Crippen LogP contribution in [0.5, 0.6) is 0 Å². The fourth-order valence-electron chi connectivity index (χ4n) is 6.86. The van der Waals surface area contributed by atoms with Crippen molar-refractivity contribution in [3.05, 3.63) is 134 Å². The normalized spacial score (nSPS) is 14.4. The topological polar surface area (TPSA) is 155 Å². The Morgan fingerprint density at radius 2 is 0.743 bits per heavy atom. The van der Waals surface area contributed by atoms with Crippen LogP contribution in [0, 0.1) is 0 Å². The second-order valence-electron chi connectivity index (χ2n) is 18.0. The molecule has 0 aliphatic carbocycles. The molecular weight excluding hydrogens is 952 g/mol. The van der Waals surface area contributed by atoms with E-state index < -0.39 is 64.4 Å². The number of aliphatic hydroxyl groups excluding tert-OH is 1. The molecule has 0 heterocycles. The van der Waals surface area contributed by atoms with Crippen molar-refractivity contribution >= 4 is 25.7 Å². The number of rotatable bonds is 50. The minimum Gasteiger partial charge on any atom is -0.461 e. The van der Waals surface area contributed by atoms with Crippen LogP contribution in [0.3, 0.4) is 0 Å². The molecule has 12 heteroatoms. The predicted molar refractivity (Wildman–Crippen MR) is 306 cm³/mol. The number of ether oxygens (including phenoxy) is 3. The lowest BCUT2D eigenvalue weighted by atomic mass is 10.1. The lowest BCUT2D eigenvalue weighted by Gasteiger charge is -2.21. The number of phosphoric acid groups is 1. The molecule has 0 aliphatic rings. The molecule has 0 bridgehead atoms. The molecule has 0 aromatic carbocycles. The smallest absolute Gasteiger partial charge is 0.461 e. The Labute approximate surface area is 449 Å². The molecular formula is C62H99O11P. The standard InChI is InChI=1S/C62H99O11P/c1-4-7-10-13-16-19-22-25-27-28-29-30-32-35-38-41-44-47-50-53-62(66)73-59(55-69-60(64)51-48-45-42-39-36-34-31-26-23-20-17-14-11-8-5-2)57-71-74(67,68)70-56-58(54-63)72-61(65)52-49-46-43-40-37-33-24-21-18-15-12-9-6-3/h7-8,10-11,16-17,19-21,24-27,29-31,35-36,38-39,45,48,58-59,63H,4-6,9,12-15,18,22-23,28,32-34,37,40-44,46-47,49-57H2,1-3H3,(H,67,68)/b10-7-,11-8-,19-16-,20-17-,24-21-,27-25-,30-29-,31-26-,38-35-,39-36-,48-45-. The number of allylic oxidation sites excluding steroid dienone is 21. The van der Waals surface area contributed by atoms with Gasteiger partial charge in [0.25, 0.3) is 0 Å². The van der Waals surface area contributed by atoms with Gasteiger partial charge in [-0.3, -0.25) is 23.4 Å². The van der Waals surface area contributed by atoms with Gasteiger partial charge in [0.15, 0.2) is 6.10 Å². The summed E-state index contributed by atoms with van der Waals surface area (Å²) < 4.78 is 39.3. The minimum absolute atomic E-state index is 0.0209. The molecule has 0 saturated heterocycles. The van der Waals surface area contributed by atoms with Gasteiger partial charge in [-0.15, -0.1) is 0 Å². The van der Waals surface area contributed by atoms with Crippen molar-refractivity contribution in [1.82, 2.24) is 0 Å². The number of unbranched alkanes of at least 4 members (excludes halogenated alkanes) is 12. The van der Waals surface area contributed by atoms with Crippen molar-refractivity contribution in [2.45, 2.75) is 213 Å². The van der Waals surface area contributed by atoms with E-state index >= 15 is 0 Å². The maximum Gasteiger partial charge on any atom is 0.472 e. The molecule has 3 atom stereocenters. The van der Waals surface area contributed by atoms with Gasteiger partial charge in [-0.25, -0.2) is 4.57 Å². The van der Waals surface area contributed by atoms with Crippen molar-refractivity contribution in [2.75, 3.05) is 26.4 Å². The van der Waals surface area contributed by atoms with E-state index in [4.69, 9.17) is 23.3 Å². The highest BCUT2D eigenvalue weighted by atomic mass is 31.2. The van der Waals surface area contributed by atoms with E-state index in [-0.39, 0.29) is 19.3 Å². The summed E-state index contributed by atoms with van der Waals surface area (Å²) in [6.45, 7) is 4.21. The second kappa shape index (κ2) is 54.9. The number of carbonyl (C=O) groups excluding carboxylic acids is 3. The van der Waals surface area contributed by atoms with Gasteiger partial charge < -0.3 is 24.2 Å². The lowest BCUT2D eigenvalue weighted by Crippen LogP contribution is -2.30. The fourth-order valence-corrected chi connectivity index (χ4v) is 7.64. The van der Waals surface area contributed by atoms with Crippen molar-refractivity contribution in [3.63, 3.8) is 0 Å². The third kappa shape index (κ3) is 52.5. The summed E-state index contributed by atoms with van der Waals surface area (Å²) in [5.74, 6) is -1.68. The Hall–Kier alpha value is -4.38. The van der Waals surface area contributed by atoms with Gasteiger partial charge in [-0.05, 0) is 116 Å². The molecule has 0 fully saturated rings. The molecule has 0 rings (SSSR count). The summed E-state index contributed by atoms with van der Waals surface area (Å²) >= 11 is 0. The Bertz CT molecular complexity index is 1750. The van der Waals surface area contributed by atoms with Crippen molar-refractivity contribution in [1.29, 1.82) is 0 Å². The Kier molecular flexibility index (Phi) is 51.6. The average molecular weight is 1050 g/mol. The summed E-state index contributed by atoms with van der Waals surface area (Å²) in [4.78, 5) is 48.4. The summed E-state index contributed by atoms with van der Waals surface area (Å²) in [7, 11) is -4.79. The van der Waals surface area contributed by atoms with Crippen LogP contribution < -0.4 is 0 Å². The number of esters is 3. The zero-order chi connectivity index (χ0) is 54.1. The van der Waals surface area contributed by atoms with Gasteiger partial charge in [0.1, 0.15) is 12.7 Å². The monoisotopic (exact) mass is 1050 g/mol. The zero-order valence-corrected chi connectivity index (χ0v) is 46.9. The summed E-state index contributed by atoms with van der Waals surface area (Å²) in [5, 5.41) is 9.80. The van der Waals surface area contributed by atoms with Gasteiger partial charge in [0.05, 0.1) is 26.2 Å². The molecule has 418 valence electrons. The molecule has 0 aliphatic heterocycles. The molecule has 0 saturated carbocycles. The van der Waals surface area contributed by atoms with Crippen molar-refractivity contribution < 1.29 is 52.2 Å². The quantitative estimate of drug-likeness (QED) is 0.0197. The Balaban J connectivity index is 4.93. The van der Waals surface area contributed by atoms with Crippen LogP contribution in [0.25, 0.3) is 0 Å². The van der Waals surface area contributed by atoms with E-state index in [1.807, 2.05) is 12.2 Å². The van der Waals surface area contributed by atoms with Gasteiger partial charge in [-0.1, -0.05) is 199 Å². The molecule has 2 N–H and O–H groups in total. The maximum atomic E-state index is 12.9. The van der Waals surface area contributed by atoms with E-state index in [2.05, 4.69) is 136 Å². The fraction of sp³-hybridized carbons (Fsp3) is 0.597. The van der Waals surface area contributed by atoms with E-state index in [0.29, 0.717) is 19.3 Å². The average Bonchev–Trinajstić information content (AvgIpc) is 3.39. The van der Waals surface area contributed by atoms with Gasteiger partial charge in [0, 0.05) is 12.8 Å². The number of phosphoric ester groups is 1. The van der Waals surface area contributed by atoms with Gasteiger partial charge in [-0.2, -0.15) is 0 Å². The predicted octanol–water partition coefficient (Wildman–Crippen LogP) is 16.6. The first-order valence-electron chi connectivity index (χ1n) is 28.1. The first kappa shape index (κ1) is 69.6. The number of hydrogen-bond acceptors (Lipinski definition) is 10. The third-order valence-electron chi connectivity index (χ3n) is 11.1. The SMILES string of the molecule is CC/C=C\C/C=C\C/C=C\C/C=C\C/C=C\CCCCCC(=O)OC(COC(=O)C/C=C\C/C=C\C/C=C\C/C=C\C/C=C\CC)COP(=O)(O)OCC(CO)OC(=O)CCCCCCC/C=C\CCCCCC. The van der Waals surface area contributed by atoms with Crippen LogP contribution >= 0.6 is 7.82 Å². The Morgan fingerprint density at radius 3 is 1.18 bits per heavy atom. The van der Waals surface area contributed by atoms with Crippen LogP contribution in [0.1, 0.15) is 201 Å². The van der Waals surface area contributed by atoms with E-state index in [9.17, 15) is 28.9 Å². The van der Waals surface area contributed by atoms with E-state index in [1.165, 1.54) is 25.7 Å². The second-order valence-corrected chi connectivity index (χ2v) is 19.4. The highest BCUT2D eigenvalue weighted by molar-refractivity contribution is 7.47. The lowest BCUT2D eigenvalue weighted by molar-refractivity contribution is -0.161. The molecule has 74 heavy (non-hydrogen) atoms. The number of carbonyl (C=O) groups is 3. The molecule has 0 aromatic rings. The first-order valence-corrected chi connectivity index (χ1v) is 29.6. The maximum absolute atomic E-state index is 12.9.